The van der Waals surface area contributed by atoms with Crippen LogP contribution in [0.2, 0.25) is 5.15 Å². The molecule has 16 nitrogen and oxygen atoms in total. The van der Waals surface area contributed by atoms with Gasteiger partial charge in [0.25, 0.3) is 0 Å². The SMILES string of the molecule is COc1ccccc1-c1cc(Nc2cccc(CNc3nc4ccccc4[nH]3)c2)ncn1.COc1ccccc1B(O)O.Clc1cc(Nc2cccc(CNc3nc4ccccc4[nH]3)c2)ncn1. The van der Waals surface area contributed by atoms with E-state index in [2.05, 4.69) is 73.3 Å². The van der Waals surface area contributed by atoms with Gasteiger partial charge in [0, 0.05) is 47.6 Å². The number of halogens is 1. The average molecular weight is 925 g/mol. The number of anilines is 6. The van der Waals surface area contributed by atoms with Crippen LogP contribution in [-0.4, -0.2) is 71.3 Å². The third kappa shape index (κ3) is 12.4. The number of rotatable bonds is 14. The summed E-state index contributed by atoms with van der Waals surface area (Å²) in [6.45, 7) is 1.30. The molecule has 68 heavy (non-hydrogen) atoms. The number of methoxy groups -OCH3 is 2. The number of ether oxygens (including phenoxy) is 2. The van der Waals surface area contributed by atoms with E-state index >= 15 is 0 Å². The van der Waals surface area contributed by atoms with Crippen molar-refractivity contribution in [2.75, 3.05) is 35.5 Å². The molecule has 0 saturated carbocycles. The Balaban J connectivity index is 0.000000154. The summed E-state index contributed by atoms with van der Waals surface area (Å²) in [6.07, 6.45) is 2.98. The average Bonchev–Trinajstić information content (AvgIpc) is 4.00. The second kappa shape index (κ2) is 22.6. The zero-order valence-electron chi connectivity index (χ0n) is 36.9. The van der Waals surface area contributed by atoms with Gasteiger partial charge < -0.3 is 50.8 Å². The Bertz CT molecular complexity index is 3160. The van der Waals surface area contributed by atoms with Crippen molar-refractivity contribution in [3.63, 3.8) is 0 Å². The van der Waals surface area contributed by atoms with Crippen molar-refractivity contribution >= 4 is 81.2 Å². The van der Waals surface area contributed by atoms with Crippen LogP contribution in [0.3, 0.4) is 0 Å². The molecule has 4 heterocycles. The number of aromatic amines is 2. The van der Waals surface area contributed by atoms with Gasteiger partial charge in [-0.15, -0.1) is 0 Å². The van der Waals surface area contributed by atoms with Crippen molar-refractivity contribution in [2.45, 2.75) is 13.1 Å². The van der Waals surface area contributed by atoms with Gasteiger partial charge in [-0.1, -0.05) is 90.5 Å². The summed E-state index contributed by atoms with van der Waals surface area (Å²) in [6, 6.07) is 50.3. The quantitative estimate of drug-likeness (QED) is 0.0377. The number of hydrogen-bond donors (Lipinski definition) is 8. The molecule has 0 aliphatic heterocycles. The Morgan fingerprint density at radius 2 is 1.06 bits per heavy atom. The van der Waals surface area contributed by atoms with E-state index in [4.69, 9.17) is 31.1 Å². The second-order valence-corrected chi connectivity index (χ2v) is 15.3. The van der Waals surface area contributed by atoms with Gasteiger partial charge in [-0.3, -0.25) is 0 Å². The molecule has 0 aliphatic carbocycles. The lowest BCUT2D eigenvalue weighted by molar-refractivity contribution is 0.403. The Labute approximate surface area is 397 Å². The van der Waals surface area contributed by atoms with E-state index in [0.29, 0.717) is 41.1 Å². The van der Waals surface area contributed by atoms with E-state index in [1.54, 1.807) is 43.8 Å². The molecule has 10 aromatic rings. The number of nitrogens with one attached hydrogen (secondary N) is 6. The minimum atomic E-state index is -1.47. The first-order chi connectivity index (χ1) is 33.3. The van der Waals surface area contributed by atoms with Gasteiger partial charge in [0.1, 0.15) is 40.9 Å². The lowest BCUT2D eigenvalue weighted by atomic mass is 9.80. The maximum absolute atomic E-state index is 8.81. The smallest absolute Gasteiger partial charge is 0.492 e. The Kier molecular flexibility index (Phi) is 15.3. The van der Waals surface area contributed by atoms with Gasteiger partial charge in [0.2, 0.25) is 11.9 Å². The van der Waals surface area contributed by atoms with Gasteiger partial charge in [-0.2, -0.15) is 0 Å². The number of fused-ring (bicyclic) bond motifs is 2. The minimum Gasteiger partial charge on any atom is -0.497 e. The zero-order valence-corrected chi connectivity index (χ0v) is 37.7. The fourth-order valence-corrected chi connectivity index (χ4v) is 7.12. The van der Waals surface area contributed by atoms with Crippen LogP contribution in [0.4, 0.5) is 34.9 Å². The molecule has 8 N–H and O–H groups in total. The molecule has 0 aliphatic rings. The highest BCUT2D eigenvalue weighted by Gasteiger charge is 2.15. The largest absolute Gasteiger partial charge is 0.497 e. The van der Waals surface area contributed by atoms with Crippen molar-refractivity contribution in [1.82, 2.24) is 39.9 Å². The third-order valence-electron chi connectivity index (χ3n) is 10.2. The van der Waals surface area contributed by atoms with Crippen LogP contribution in [0, 0.1) is 0 Å². The molecule has 0 atom stereocenters. The maximum Gasteiger partial charge on any atom is 0.492 e. The fraction of sp³-hybridized carbons (Fsp3) is 0.0800. The Morgan fingerprint density at radius 3 is 1.60 bits per heavy atom. The fourth-order valence-electron chi connectivity index (χ4n) is 6.97. The van der Waals surface area contributed by atoms with Gasteiger partial charge in [-0.05, 0) is 77.9 Å². The van der Waals surface area contributed by atoms with Crippen molar-refractivity contribution < 1.29 is 19.5 Å². The lowest BCUT2D eigenvalue weighted by Crippen LogP contribution is -2.30. The van der Waals surface area contributed by atoms with E-state index in [1.807, 2.05) is 115 Å². The summed E-state index contributed by atoms with van der Waals surface area (Å²) in [7, 11) is 1.68. The molecule has 10 rings (SSSR count). The molecule has 6 aromatic carbocycles. The lowest BCUT2D eigenvalue weighted by Gasteiger charge is -2.11. The molecule has 0 bridgehead atoms. The molecule has 0 unspecified atom stereocenters. The van der Waals surface area contributed by atoms with E-state index in [9.17, 15) is 0 Å². The summed E-state index contributed by atoms with van der Waals surface area (Å²) >= 11 is 5.88. The van der Waals surface area contributed by atoms with Crippen LogP contribution in [0.25, 0.3) is 33.3 Å². The summed E-state index contributed by atoms with van der Waals surface area (Å²) in [5, 5.41) is 31.3. The number of aromatic nitrogens is 8. The second-order valence-electron chi connectivity index (χ2n) is 14.9. The molecule has 0 spiro atoms. The van der Waals surface area contributed by atoms with E-state index in [0.717, 1.165) is 73.5 Å². The van der Waals surface area contributed by atoms with Crippen LogP contribution >= 0.6 is 11.6 Å². The molecular formula is C50H46BClN12O4. The highest BCUT2D eigenvalue weighted by atomic mass is 35.5. The molecule has 0 radical (unpaired) electrons. The first-order valence-electron chi connectivity index (χ1n) is 21.3. The predicted octanol–water partition coefficient (Wildman–Crippen LogP) is 9.12. The van der Waals surface area contributed by atoms with Crippen molar-refractivity contribution in [3.8, 4) is 22.8 Å². The Morgan fingerprint density at radius 1 is 0.544 bits per heavy atom. The monoisotopic (exact) mass is 924 g/mol. The van der Waals surface area contributed by atoms with E-state index in [1.165, 1.54) is 13.4 Å². The number of imidazole rings is 2. The normalized spacial score (nSPS) is 10.5. The number of nitrogens with zero attached hydrogens (tertiary/aromatic N) is 6. The molecule has 340 valence electrons. The maximum atomic E-state index is 8.81. The standard InChI is InChI=1S/C25H22N6O.C18H15ClN6.C7H9BO3/c1-32-23-12-5-2-9-19(23)22-14-24(28-16-27-22)29-18-8-6-7-17(13-18)15-26-25-30-20-10-3-4-11-21(20)31-25;19-16-9-17(22-11-21-16)23-13-5-3-4-12(8-13)10-20-18-24-14-6-1-2-7-15(14)25-18;1-11-7-5-3-2-4-6(7)8(9)10/h2-14,16H,15H2,1H3,(H2,26,30,31)(H,27,28,29);1-9,11H,10H2,(H2,20,24,25)(H,21,22,23);2-5,9-10H,1H3. The third-order valence-corrected chi connectivity index (χ3v) is 10.4. The van der Waals surface area contributed by atoms with E-state index < -0.39 is 7.12 Å². The summed E-state index contributed by atoms with van der Waals surface area (Å²) < 4.78 is 10.3. The van der Waals surface area contributed by atoms with Crippen molar-refractivity contribution in [3.05, 3.63) is 187 Å². The number of benzene rings is 6. The predicted molar refractivity (Wildman–Crippen MR) is 270 cm³/mol. The molecule has 0 fully saturated rings. The van der Waals surface area contributed by atoms with Crippen LogP contribution in [0.5, 0.6) is 11.5 Å². The van der Waals surface area contributed by atoms with E-state index in [-0.39, 0.29) is 0 Å². The molecule has 0 saturated heterocycles. The minimum absolute atomic E-state index is 0.384. The van der Waals surface area contributed by atoms with Crippen molar-refractivity contribution in [2.24, 2.45) is 0 Å². The molecule has 4 aromatic heterocycles. The molecule has 0 amide bonds. The van der Waals surface area contributed by atoms with Crippen LogP contribution in [0.1, 0.15) is 11.1 Å². The summed E-state index contributed by atoms with van der Waals surface area (Å²) in [4.78, 5) is 32.4. The zero-order chi connectivity index (χ0) is 47.1. The summed E-state index contributed by atoms with van der Waals surface area (Å²) in [5.74, 6) is 4.13. The molecular weight excluding hydrogens is 879 g/mol. The van der Waals surface area contributed by atoms with Crippen LogP contribution in [-0.2, 0) is 13.1 Å². The van der Waals surface area contributed by atoms with Gasteiger partial charge >= 0.3 is 7.12 Å². The first kappa shape index (κ1) is 46.0. The highest BCUT2D eigenvalue weighted by Crippen LogP contribution is 2.30. The Hall–Kier alpha value is -8.51. The first-order valence-corrected chi connectivity index (χ1v) is 21.7. The van der Waals surface area contributed by atoms with Gasteiger partial charge in [-0.25, -0.2) is 29.9 Å². The van der Waals surface area contributed by atoms with Gasteiger partial charge in [0.15, 0.2) is 0 Å². The highest BCUT2D eigenvalue weighted by molar-refractivity contribution is 6.59. The molecule has 18 heteroatoms. The number of H-pyrrole nitrogens is 2. The van der Waals surface area contributed by atoms with Crippen LogP contribution in [0.15, 0.2) is 170 Å². The summed E-state index contributed by atoms with van der Waals surface area (Å²) in [5.41, 5.74) is 10.1. The van der Waals surface area contributed by atoms with Crippen molar-refractivity contribution in [1.29, 1.82) is 0 Å². The number of hydrogen-bond acceptors (Lipinski definition) is 14. The number of para-hydroxylation sites is 6. The van der Waals surface area contributed by atoms with Gasteiger partial charge in [0.05, 0.1) is 42.0 Å². The van der Waals surface area contributed by atoms with Crippen LogP contribution < -0.4 is 36.2 Å². The topological polar surface area (TPSA) is 216 Å².